The first-order chi connectivity index (χ1) is 13.6. The number of aliphatic hydroxyl groups is 1. The van der Waals surface area contributed by atoms with E-state index in [1.54, 1.807) is 30.3 Å². The smallest absolute Gasteiger partial charge is 0.210 e. The molecule has 0 radical (unpaired) electrons. The molecule has 28 heavy (non-hydrogen) atoms. The van der Waals surface area contributed by atoms with Gasteiger partial charge in [-0.05, 0) is 18.2 Å². The minimum absolute atomic E-state index is 0.103. The normalized spacial score (nSPS) is 22.4. The highest BCUT2D eigenvalue weighted by atomic mass is 16.5. The molecule has 0 amide bonds. The Labute approximate surface area is 163 Å². The summed E-state index contributed by atoms with van der Waals surface area (Å²) in [5.41, 5.74) is 1.69. The van der Waals surface area contributed by atoms with Crippen molar-refractivity contribution in [2.75, 3.05) is 33.4 Å². The van der Waals surface area contributed by atoms with Gasteiger partial charge in [-0.2, -0.15) is 0 Å². The Kier molecular flexibility index (Phi) is 5.21. The van der Waals surface area contributed by atoms with Gasteiger partial charge in [0.25, 0.3) is 0 Å². The van der Waals surface area contributed by atoms with Gasteiger partial charge in [0.05, 0.1) is 20.3 Å². The van der Waals surface area contributed by atoms with Crippen molar-refractivity contribution in [2.45, 2.75) is 18.8 Å². The topological polar surface area (TPSA) is 88.5 Å². The molecule has 0 aromatic heterocycles. The fourth-order valence-electron chi connectivity index (χ4n) is 3.56. The van der Waals surface area contributed by atoms with Crippen LogP contribution < -0.4 is 9.47 Å². The number of nitrogens with zero attached hydrogens (tertiary/aromatic N) is 1. The molecule has 148 valence electrons. The van der Waals surface area contributed by atoms with E-state index >= 15 is 0 Å². The number of hydrogen-bond acceptors (Lipinski definition) is 7. The summed E-state index contributed by atoms with van der Waals surface area (Å²) in [6.45, 7) is 3.61. The van der Waals surface area contributed by atoms with Crippen LogP contribution in [-0.4, -0.2) is 54.3 Å². The molecule has 2 heterocycles. The highest BCUT2D eigenvalue weighted by molar-refractivity contribution is 5.91. The van der Waals surface area contributed by atoms with E-state index < -0.39 is 18.0 Å². The van der Waals surface area contributed by atoms with Gasteiger partial charge in [-0.15, -0.1) is 0 Å². The van der Waals surface area contributed by atoms with E-state index in [1.165, 1.54) is 13.2 Å². The van der Waals surface area contributed by atoms with Crippen LogP contribution in [0.2, 0.25) is 0 Å². The third-order valence-electron chi connectivity index (χ3n) is 5.20. The number of rotatable bonds is 4. The third kappa shape index (κ3) is 3.56. The number of morpholine rings is 1. The zero-order valence-corrected chi connectivity index (χ0v) is 15.6. The van der Waals surface area contributed by atoms with E-state index in [0.717, 1.165) is 18.7 Å². The van der Waals surface area contributed by atoms with Crippen LogP contribution in [0, 0.1) is 0 Å². The molecule has 2 aromatic rings. The number of benzene rings is 2. The molecule has 1 saturated heterocycles. The number of hydrogen-bond donors (Lipinski definition) is 2. The average Bonchev–Trinajstić information content (AvgIpc) is 2.72. The number of ketones is 1. The van der Waals surface area contributed by atoms with E-state index in [2.05, 4.69) is 4.90 Å². The molecule has 0 bridgehead atoms. The molecule has 2 aromatic carbocycles. The van der Waals surface area contributed by atoms with Gasteiger partial charge in [-0.25, -0.2) is 0 Å². The van der Waals surface area contributed by atoms with Gasteiger partial charge < -0.3 is 24.4 Å². The SMILES string of the molecule is COc1ccc2c(c1)OC(c1ccc(CN3CCOCC3)c(O)c1)C(=O)C2O. The number of aromatic hydroxyl groups is 1. The van der Waals surface area contributed by atoms with Crippen LogP contribution in [0.25, 0.3) is 0 Å². The fraction of sp³-hybridized carbons (Fsp3) is 0.381. The second kappa shape index (κ2) is 7.79. The van der Waals surface area contributed by atoms with E-state index in [4.69, 9.17) is 14.2 Å². The summed E-state index contributed by atoms with van der Waals surface area (Å²) in [5, 5.41) is 20.9. The maximum absolute atomic E-state index is 12.6. The van der Waals surface area contributed by atoms with Crippen LogP contribution in [0.15, 0.2) is 36.4 Å². The number of phenols is 1. The molecule has 7 nitrogen and oxygen atoms in total. The average molecular weight is 385 g/mol. The largest absolute Gasteiger partial charge is 0.508 e. The summed E-state index contributed by atoms with van der Waals surface area (Å²) in [4.78, 5) is 14.8. The number of carbonyl (C=O) groups excluding carboxylic acids is 1. The Balaban J connectivity index is 1.57. The van der Waals surface area contributed by atoms with Crippen molar-refractivity contribution in [2.24, 2.45) is 0 Å². The molecule has 7 heteroatoms. The van der Waals surface area contributed by atoms with Gasteiger partial charge in [0.2, 0.25) is 5.78 Å². The highest BCUT2D eigenvalue weighted by Gasteiger charge is 2.37. The molecule has 4 rings (SSSR count). The molecule has 1 fully saturated rings. The molecule has 0 aliphatic carbocycles. The predicted octanol–water partition coefficient (Wildman–Crippen LogP) is 1.97. The standard InChI is InChI=1S/C21H23NO6/c1-26-15-4-5-16-18(11-15)28-21(20(25)19(16)24)13-2-3-14(17(23)10-13)12-22-6-8-27-9-7-22/h2-5,10-11,19,21,23-24H,6-9,12H2,1H3. The summed E-state index contributed by atoms with van der Waals surface area (Å²) in [7, 11) is 1.54. The number of ether oxygens (including phenoxy) is 3. The van der Waals surface area contributed by atoms with Crippen molar-refractivity contribution in [3.63, 3.8) is 0 Å². The Bertz CT molecular complexity index is 877. The molecule has 0 spiro atoms. The third-order valence-corrected chi connectivity index (χ3v) is 5.20. The van der Waals surface area contributed by atoms with Crippen LogP contribution in [0.5, 0.6) is 17.2 Å². The molecule has 2 aliphatic heterocycles. The fourth-order valence-corrected chi connectivity index (χ4v) is 3.56. The maximum Gasteiger partial charge on any atom is 0.210 e. The van der Waals surface area contributed by atoms with Crippen molar-refractivity contribution in [1.82, 2.24) is 4.90 Å². The Hall–Kier alpha value is -2.61. The van der Waals surface area contributed by atoms with E-state index in [1.807, 2.05) is 0 Å². The zero-order chi connectivity index (χ0) is 19.7. The van der Waals surface area contributed by atoms with Crippen LogP contribution in [0.4, 0.5) is 0 Å². The molecule has 2 atom stereocenters. The lowest BCUT2D eigenvalue weighted by Crippen LogP contribution is -2.35. The van der Waals surface area contributed by atoms with Crippen molar-refractivity contribution in [3.8, 4) is 17.2 Å². The van der Waals surface area contributed by atoms with Crippen molar-refractivity contribution < 1.29 is 29.2 Å². The Morgan fingerprint density at radius 2 is 1.96 bits per heavy atom. The van der Waals surface area contributed by atoms with Gasteiger partial charge in [0.15, 0.2) is 6.10 Å². The second-order valence-electron chi connectivity index (χ2n) is 6.98. The molecular formula is C21H23NO6. The summed E-state index contributed by atoms with van der Waals surface area (Å²) in [6, 6.07) is 10.0. The molecule has 0 saturated carbocycles. The van der Waals surface area contributed by atoms with Crippen molar-refractivity contribution in [1.29, 1.82) is 0 Å². The summed E-state index contributed by atoms with van der Waals surface area (Å²) in [5.74, 6) is 0.611. The lowest BCUT2D eigenvalue weighted by atomic mass is 9.93. The van der Waals surface area contributed by atoms with Crippen LogP contribution >= 0.6 is 0 Å². The maximum atomic E-state index is 12.6. The first kappa shape index (κ1) is 18.7. The van der Waals surface area contributed by atoms with Crippen molar-refractivity contribution in [3.05, 3.63) is 53.1 Å². The molecule has 2 N–H and O–H groups in total. The number of carbonyl (C=O) groups is 1. The molecule has 2 aliphatic rings. The second-order valence-corrected chi connectivity index (χ2v) is 6.98. The van der Waals surface area contributed by atoms with Gasteiger partial charge in [0.1, 0.15) is 23.4 Å². The van der Waals surface area contributed by atoms with Gasteiger partial charge >= 0.3 is 0 Å². The van der Waals surface area contributed by atoms with E-state index in [-0.39, 0.29) is 5.75 Å². The van der Waals surface area contributed by atoms with Crippen molar-refractivity contribution >= 4 is 5.78 Å². The van der Waals surface area contributed by atoms with Crippen LogP contribution in [0.1, 0.15) is 28.9 Å². The lowest BCUT2D eigenvalue weighted by Gasteiger charge is -2.29. The first-order valence-electron chi connectivity index (χ1n) is 9.25. The summed E-state index contributed by atoms with van der Waals surface area (Å²) >= 11 is 0. The number of phenolic OH excluding ortho intramolecular Hbond substituents is 1. The Morgan fingerprint density at radius 1 is 1.18 bits per heavy atom. The van der Waals surface area contributed by atoms with E-state index in [0.29, 0.717) is 42.4 Å². The number of Topliss-reactive ketones (excluding diaryl/α,β-unsaturated/α-hetero) is 1. The Morgan fingerprint density at radius 3 is 2.68 bits per heavy atom. The zero-order valence-electron chi connectivity index (χ0n) is 15.6. The number of aliphatic hydroxyl groups excluding tert-OH is 1. The van der Waals surface area contributed by atoms with Crippen LogP contribution in [0.3, 0.4) is 0 Å². The van der Waals surface area contributed by atoms with Gasteiger partial charge in [-0.3, -0.25) is 9.69 Å². The molecule has 2 unspecified atom stereocenters. The van der Waals surface area contributed by atoms with Crippen LogP contribution in [-0.2, 0) is 16.1 Å². The van der Waals surface area contributed by atoms with E-state index in [9.17, 15) is 15.0 Å². The van der Waals surface area contributed by atoms with Gasteiger partial charge in [-0.1, -0.05) is 12.1 Å². The highest BCUT2D eigenvalue weighted by Crippen LogP contribution is 2.41. The minimum atomic E-state index is -1.28. The first-order valence-corrected chi connectivity index (χ1v) is 9.25. The molecular weight excluding hydrogens is 362 g/mol. The summed E-state index contributed by atoms with van der Waals surface area (Å²) < 4.78 is 16.4. The number of methoxy groups -OCH3 is 1. The quantitative estimate of drug-likeness (QED) is 0.832. The number of fused-ring (bicyclic) bond motifs is 1. The van der Waals surface area contributed by atoms with Gasteiger partial charge in [0, 0.05) is 42.4 Å². The lowest BCUT2D eigenvalue weighted by molar-refractivity contribution is -0.137. The minimum Gasteiger partial charge on any atom is -0.508 e. The monoisotopic (exact) mass is 385 g/mol. The summed E-state index contributed by atoms with van der Waals surface area (Å²) in [6.07, 6.45) is -2.27. The predicted molar refractivity (Wildman–Crippen MR) is 101 cm³/mol.